The van der Waals surface area contributed by atoms with Gasteiger partial charge in [-0.3, -0.25) is 0 Å². The molecule has 6 heteroatoms. The van der Waals surface area contributed by atoms with Crippen molar-refractivity contribution in [3.8, 4) is 5.75 Å². The topological polar surface area (TPSA) is 64.6 Å². The fourth-order valence-electron chi connectivity index (χ4n) is 4.83. The van der Waals surface area contributed by atoms with E-state index in [0.717, 1.165) is 38.7 Å². The lowest BCUT2D eigenvalue weighted by atomic mass is 9.65. The molecule has 2 fully saturated rings. The van der Waals surface area contributed by atoms with Crippen LogP contribution in [0.2, 0.25) is 0 Å². The van der Waals surface area contributed by atoms with Crippen molar-refractivity contribution in [3.63, 3.8) is 0 Å². The Bertz CT molecular complexity index is 960. The number of hydrogen-bond donors (Lipinski definition) is 1. The molecule has 0 aliphatic heterocycles. The van der Waals surface area contributed by atoms with Crippen molar-refractivity contribution < 1.29 is 17.9 Å². The average Bonchev–Trinajstić information content (AvgIpc) is 3.30. The van der Waals surface area contributed by atoms with Crippen LogP contribution in [0.15, 0.2) is 53.4 Å². The van der Waals surface area contributed by atoms with Gasteiger partial charge in [0.1, 0.15) is 5.75 Å². The summed E-state index contributed by atoms with van der Waals surface area (Å²) in [6, 6.07) is 15.3. The van der Waals surface area contributed by atoms with Gasteiger partial charge in [0, 0.05) is 6.54 Å². The van der Waals surface area contributed by atoms with E-state index in [-0.39, 0.29) is 10.3 Å². The number of rotatable bonds is 11. The van der Waals surface area contributed by atoms with E-state index in [2.05, 4.69) is 29.0 Å². The predicted molar refractivity (Wildman–Crippen MR) is 127 cm³/mol. The molecule has 2 aliphatic rings. The number of hydrogen-bond acceptors (Lipinski definition) is 4. The quantitative estimate of drug-likeness (QED) is 0.522. The normalized spacial score (nSPS) is 18.4. The standard InChI is InChI=1S/C26H35NO4S/c1-30-23-11-13-25(14-12-23)32(28,29)27-20-26(16-4-17-26)19-22-9-7-21(8-10-22)15-18-31-24-5-2-3-6-24/h7-14,24,27H,2-6,15-20H2,1H3. The molecular weight excluding hydrogens is 422 g/mol. The molecule has 2 saturated carbocycles. The molecule has 0 radical (unpaired) electrons. The molecule has 2 aromatic rings. The molecule has 32 heavy (non-hydrogen) atoms. The van der Waals surface area contributed by atoms with E-state index in [9.17, 15) is 8.42 Å². The van der Waals surface area contributed by atoms with Crippen LogP contribution in [0.3, 0.4) is 0 Å². The summed E-state index contributed by atoms with van der Waals surface area (Å²) in [5, 5.41) is 0. The van der Waals surface area contributed by atoms with Crippen molar-refractivity contribution in [2.45, 2.75) is 68.8 Å². The fraction of sp³-hybridized carbons (Fsp3) is 0.538. The predicted octanol–water partition coefficient (Wildman–Crippen LogP) is 4.89. The van der Waals surface area contributed by atoms with E-state index in [1.54, 1.807) is 31.4 Å². The van der Waals surface area contributed by atoms with E-state index in [1.165, 1.54) is 36.8 Å². The molecule has 0 amide bonds. The highest BCUT2D eigenvalue weighted by Gasteiger charge is 2.38. The van der Waals surface area contributed by atoms with E-state index in [1.807, 2.05) is 0 Å². The van der Waals surface area contributed by atoms with Crippen LogP contribution in [0.1, 0.15) is 56.1 Å². The van der Waals surface area contributed by atoms with Gasteiger partial charge in [0.05, 0.1) is 24.7 Å². The number of ether oxygens (including phenoxy) is 2. The largest absolute Gasteiger partial charge is 0.497 e. The summed E-state index contributed by atoms with van der Waals surface area (Å²) in [6.07, 6.45) is 10.6. The third-order valence-corrected chi connectivity index (χ3v) is 8.49. The molecule has 1 N–H and O–H groups in total. The van der Waals surface area contributed by atoms with Crippen molar-refractivity contribution >= 4 is 10.0 Å². The fourth-order valence-corrected chi connectivity index (χ4v) is 5.99. The van der Waals surface area contributed by atoms with E-state index in [0.29, 0.717) is 18.4 Å². The lowest BCUT2D eigenvalue weighted by molar-refractivity contribution is 0.0606. The van der Waals surface area contributed by atoms with Gasteiger partial charge in [0.25, 0.3) is 0 Å². The van der Waals surface area contributed by atoms with Crippen molar-refractivity contribution in [1.29, 1.82) is 0 Å². The number of benzene rings is 2. The van der Waals surface area contributed by atoms with Crippen molar-refractivity contribution in [1.82, 2.24) is 4.72 Å². The molecular formula is C26H35NO4S. The van der Waals surface area contributed by atoms with Gasteiger partial charge in [-0.2, -0.15) is 0 Å². The highest BCUT2D eigenvalue weighted by molar-refractivity contribution is 7.89. The first-order valence-electron chi connectivity index (χ1n) is 11.8. The van der Waals surface area contributed by atoms with Crippen LogP contribution >= 0.6 is 0 Å². The summed E-state index contributed by atoms with van der Waals surface area (Å²) >= 11 is 0. The average molecular weight is 458 g/mol. The highest BCUT2D eigenvalue weighted by Crippen LogP contribution is 2.43. The smallest absolute Gasteiger partial charge is 0.240 e. The second-order valence-corrected chi connectivity index (χ2v) is 11.1. The van der Waals surface area contributed by atoms with Crippen molar-refractivity contribution in [2.24, 2.45) is 5.41 Å². The van der Waals surface area contributed by atoms with Crippen molar-refractivity contribution in [3.05, 3.63) is 59.7 Å². The SMILES string of the molecule is COc1ccc(S(=O)(=O)NCC2(Cc3ccc(CCOC4CCCC4)cc3)CCC2)cc1. The van der Waals surface area contributed by atoms with Gasteiger partial charge < -0.3 is 9.47 Å². The second kappa shape index (κ2) is 10.4. The number of sulfonamides is 1. The molecule has 0 heterocycles. The molecule has 4 rings (SSSR count). The molecule has 5 nitrogen and oxygen atoms in total. The molecule has 0 bridgehead atoms. The zero-order valence-electron chi connectivity index (χ0n) is 19.0. The maximum atomic E-state index is 12.7. The molecule has 0 unspecified atom stereocenters. The minimum absolute atomic E-state index is 0.00659. The van der Waals surface area contributed by atoms with E-state index in [4.69, 9.17) is 9.47 Å². The Balaban J connectivity index is 1.30. The Morgan fingerprint density at radius 2 is 1.59 bits per heavy atom. The van der Waals surface area contributed by atoms with Crippen LogP contribution in [-0.2, 0) is 27.6 Å². The molecule has 0 saturated heterocycles. The van der Waals surface area contributed by atoms with Gasteiger partial charge in [-0.25, -0.2) is 13.1 Å². The monoisotopic (exact) mass is 457 g/mol. The van der Waals surface area contributed by atoms with Gasteiger partial charge >= 0.3 is 0 Å². The maximum Gasteiger partial charge on any atom is 0.240 e. The van der Waals surface area contributed by atoms with E-state index >= 15 is 0 Å². The third-order valence-electron chi connectivity index (χ3n) is 7.07. The lowest BCUT2D eigenvalue weighted by Gasteiger charge is -2.42. The number of nitrogens with one attached hydrogen (secondary N) is 1. The molecule has 0 aromatic heterocycles. The van der Waals surface area contributed by atoms with Gasteiger partial charge in [0.2, 0.25) is 10.0 Å². The van der Waals surface area contributed by atoms with Crippen LogP contribution < -0.4 is 9.46 Å². The van der Waals surface area contributed by atoms with Crippen LogP contribution in [0.4, 0.5) is 0 Å². The second-order valence-electron chi connectivity index (χ2n) is 9.37. The number of methoxy groups -OCH3 is 1. The Morgan fingerprint density at radius 1 is 0.938 bits per heavy atom. The van der Waals surface area contributed by atoms with Crippen molar-refractivity contribution in [2.75, 3.05) is 20.3 Å². The zero-order valence-corrected chi connectivity index (χ0v) is 19.8. The summed E-state index contributed by atoms with van der Waals surface area (Å²) in [6.45, 7) is 1.26. The van der Waals surface area contributed by atoms with Crippen LogP contribution in [0.25, 0.3) is 0 Å². The minimum atomic E-state index is -3.53. The first kappa shape index (κ1) is 23.3. The maximum absolute atomic E-state index is 12.7. The molecule has 174 valence electrons. The van der Waals surface area contributed by atoms with Crippen LogP contribution in [0, 0.1) is 5.41 Å². The summed E-state index contributed by atoms with van der Waals surface area (Å²) in [5.74, 6) is 0.646. The third kappa shape index (κ3) is 5.91. The summed E-state index contributed by atoms with van der Waals surface area (Å²) in [5.41, 5.74) is 2.58. The van der Waals surface area contributed by atoms with Crippen LogP contribution in [-0.4, -0.2) is 34.8 Å². The Hall–Kier alpha value is -1.89. The highest BCUT2D eigenvalue weighted by atomic mass is 32.2. The molecule has 0 spiro atoms. The molecule has 0 atom stereocenters. The Kier molecular flexibility index (Phi) is 7.54. The van der Waals surface area contributed by atoms with Gasteiger partial charge in [-0.15, -0.1) is 0 Å². The first-order valence-corrected chi connectivity index (χ1v) is 13.3. The summed E-state index contributed by atoms with van der Waals surface area (Å²) < 4.78 is 39.5. The summed E-state index contributed by atoms with van der Waals surface area (Å²) in [4.78, 5) is 0.275. The minimum Gasteiger partial charge on any atom is -0.497 e. The Labute approximate surface area is 192 Å². The lowest BCUT2D eigenvalue weighted by Crippen LogP contribution is -2.43. The van der Waals surface area contributed by atoms with Gasteiger partial charge in [0.15, 0.2) is 0 Å². The van der Waals surface area contributed by atoms with Crippen LogP contribution in [0.5, 0.6) is 5.75 Å². The van der Waals surface area contributed by atoms with E-state index < -0.39 is 10.0 Å². The van der Waals surface area contributed by atoms with Gasteiger partial charge in [-0.05, 0) is 79.3 Å². The van der Waals surface area contributed by atoms with Gasteiger partial charge in [-0.1, -0.05) is 43.5 Å². The molecule has 2 aromatic carbocycles. The molecule has 2 aliphatic carbocycles. The first-order chi connectivity index (χ1) is 15.5. The Morgan fingerprint density at radius 3 is 2.19 bits per heavy atom. The summed E-state index contributed by atoms with van der Waals surface area (Å²) in [7, 11) is -1.96. The zero-order chi connectivity index (χ0) is 22.4.